The third-order valence-corrected chi connectivity index (χ3v) is 3.72. The number of benzene rings is 1. The number of hydrogen-bond acceptors (Lipinski definition) is 6. The molecule has 0 atom stereocenters. The predicted molar refractivity (Wildman–Crippen MR) is 89.5 cm³/mol. The number of aryl methyl sites for hydroxylation is 2. The average Bonchev–Trinajstić information content (AvgIpc) is 2.87. The van der Waals surface area contributed by atoms with Crippen molar-refractivity contribution in [3.05, 3.63) is 62.6 Å². The maximum absolute atomic E-state index is 11.6. The van der Waals surface area contributed by atoms with Crippen LogP contribution in [0.2, 0.25) is 0 Å². The minimum absolute atomic E-state index is 0.0627. The van der Waals surface area contributed by atoms with E-state index in [-0.39, 0.29) is 17.4 Å². The molecule has 0 saturated carbocycles. The second-order valence-electron chi connectivity index (χ2n) is 5.00. The number of aromatic nitrogens is 4. The molecule has 0 aliphatic heterocycles. The second kappa shape index (κ2) is 6.36. The summed E-state index contributed by atoms with van der Waals surface area (Å²) in [4.78, 5) is 18.9. The van der Waals surface area contributed by atoms with Crippen LogP contribution in [0.15, 0.2) is 41.1 Å². The zero-order chi connectivity index (χ0) is 17.3. The lowest BCUT2D eigenvalue weighted by Crippen LogP contribution is -2.08. The summed E-state index contributed by atoms with van der Waals surface area (Å²) < 4.78 is 7.86. The van der Waals surface area contributed by atoms with Crippen molar-refractivity contribution >= 4 is 21.6 Å². The molecule has 3 aromatic rings. The van der Waals surface area contributed by atoms with Crippen molar-refractivity contribution in [3.8, 4) is 17.4 Å². The highest BCUT2D eigenvalue weighted by atomic mass is 79.9. The summed E-state index contributed by atoms with van der Waals surface area (Å²) in [5, 5.41) is 15.8. The number of hydrogen-bond donors (Lipinski definition) is 0. The molecule has 0 amide bonds. The summed E-state index contributed by atoms with van der Waals surface area (Å²) in [6.45, 7) is 3.59. The Balaban J connectivity index is 2.10. The van der Waals surface area contributed by atoms with Gasteiger partial charge in [0.1, 0.15) is 12.1 Å². The average molecular weight is 390 g/mol. The van der Waals surface area contributed by atoms with Gasteiger partial charge < -0.3 is 4.74 Å². The third-order valence-electron chi connectivity index (χ3n) is 3.19. The van der Waals surface area contributed by atoms with Gasteiger partial charge in [0.25, 0.3) is 0 Å². The van der Waals surface area contributed by atoms with Crippen molar-refractivity contribution in [1.82, 2.24) is 19.7 Å². The van der Waals surface area contributed by atoms with Crippen LogP contribution >= 0.6 is 15.9 Å². The molecule has 0 aliphatic carbocycles. The highest BCUT2D eigenvalue weighted by Crippen LogP contribution is 2.33. The van der Waals surface area contributed by atoms with Gasteiger partial charge in [-0.05, 0) is 44.2 Å². The summed E-state index contributed by atoms with van der Waals surface area (Å²) >= 11 is 3.32. The topological polar surface area (TPSA) is 96.0 Å². The van der Waals surface area contributed by atoms with E-state index in [1.54, 1.807) is 44.2 Å². The van der Waals surface area contributed by atoms with Crippen molar-refractivity contribution < 1.29 is 9.66 Å². The van der Waals surface area contributed by atoms with E-state index in [0.29, 0.717) is 5.75 Å². The van der Waals surface area contributed by atoms with E-state index in [4.69, 9.17) is 4.74 Å². The molecule has 8 nitrogen and oxygen atoms in total. The van der Waals surface area contributed by atoms with Gasteiger partial charge in [0.15, 0.2) is 0 Å². The molecule has 0 radical (unpaired) electrons. The highest BCUT2D eigenvalue weighted by molar-refractivity contribution is 9.10. The van der Waals surface area contributed by atoms with Crippen molar-refractivity contribution in [3.63, 3.8) is 0 Å². The van der Waals surface area contributed by atoms with Crippen LogP contribution < -0.4 is 4.74 Å². The van der Waals surface area contributed by atoms with Gasteiger partial charge in [-0.2, -0.15) is 10.1 Å². The number of nitro groups is 1. The van der Waals surface area contributed by atoms with E-state index < -0.39 is 4.92 Å². The maximum atomic E-state index is 11.6. The van der Waals surface area contributed by atoms with Gasteiger partial charge >= 0.3 is 11.6 Å². The molecule has 1 aromatic carbocycles. The van der Waals surface area contributed by atoms with Crippen LogP contribution in [0.1, 0.15) is 11.4 Å². The standard InChI is InChI=1S/C15H12BrN5O3/c1-9-7-10(2)20(19-9)14-13(21(22)23)15(18-8-17-14)24-12-5-3-11(16)4-6-12/h3-8H,1-2H3. The second-order valence-corrected chi connectivity index (χ2v) is 5.92. The van der Waals surface area contributed by atoms with Gasteiger partial charge in [-0.1, -0.05) is 15.9 Å². The third kappa shape index (κ3) is 3.11. The van der Waals surface area contributed by atoms with Gasteiger partial charge in [-0.15, -0.1) is 0 Å². The van der Waals surface area contributed by atoms with E-state index in [9.17, 15) is 10.1 Å². The first-order valence-corrected chi connectivity index (χ1v) is 7.71. The molecular weight excluding hydrogens is 378 g/mol. The number of nitrogens with zero attached hydrogens (tertiary/aromatic N) is 5. The molecular formula is C15H12BrN5O3. The number of rotatable bonds is 4. The van der Waals surface area contributed by atoms with Crippen molar-refractivity contribution in [2.24, 2.45) is 0 Å². The molecule has 0 N–H and O–H groups in total. The highest BCUT2D eigenvalue weighted by Gasteiger charge is 2.27. The first kappa shape index (κ1) is 16.1. The minimum atomic E-state index is -0.569. The number of ether oxygens (including phenoxy) is 1. The fourth-order valence-corrected chi connectivity index (χ4v) is 2.47. The zero-order valence-electron chi connectivity index (χ0n) is 12.8. The molecule has 24 heavy (non-hydrogen) atoms. The molecule has 0 fully saturated rings. The van der Waals surface area contributed by atoms with Gasteiger partial charge in [-0.3, -0.25) is 10.1 Å². The van der Waals surface area contributed by atoms with Gasteiger partial charge in [0, 0.05) is 10.2 Å². The molecule has 0 bridgehead atoms. The molecule has 0 spiro atoms. The fourth-order valence-electron chi connectivity index (χ4n) is 2.20. The first-order chi connectivity index (χ1) is 11.5. The molecule has 3 rings (SSSR count). The molecule has 0 saturated heterocycles. The summed E-state index contributed by atoms with van der Waals surface area (Å²) in [7, 11) is 0. The Bertz CT molecular complexity index is 908. The number of halogens is 1. The van der Waals surface area contributed by atoms with Crippen molar-refractivity contribution in [2.75, 3.05) is 0 Å². The Hall–Kier alpha value is -2.81. The fraction of sp³-hybridized carbons (Fsp3) is 0.133. The SMILES string of the molecule is Cc1cc(C)n(-c2ncnc(Oc3ccc(Br)cc3)c2[N+](=O)[O-])n1. The molecule has 9 heteroatoms. The Morgan fingerprint density at radius 2 is 1.92 bits per heavy atom. The zero-order valence-corrected chi connectivity index (χ0v) is 14.4. The quantitative estimate of drug-likeness (QED) is 0.497. The molecule has 2 heterocycles. The molecule has 0 unspecified atom stereocenters. The Labute approximate surface area is 145 Å². The summed E-state index contributed by atoms with van der Waals surface area (Å²) in [5.41, 5.74) is 1.12. The summed E-state index contributed by atoms with van der Waals surface area (Å²) in [6, 6.07) is 8.70. The Kier molecular flexibility index (Phi) is 4.26. The van der Waals surface area contributed by atoms with E-state index in [0.717, 1.165) is 15.9 Å². The largest absolute Gasteiger partial charge is 0.434 e. The van der Waals surface area contributed by atoms with E-state index in [2.05, 4.69) is 31.0 Å². The summed E-state index contributed by atoms with van der Waals surface area (Å²) in [6.07, 6.45) is 1.22. The van der Waals surface area contributed by atoms with Crippen molar-refractivity contribution in [2.45, 2.75) is 13.8 Å². The van der Waals surface area contributed by atoms with Crippen LogP contribution in [-0.2, 0) is 0 Å². The lowest BCUT2D eigenvalue weighted by Gasteiger charge is -2.08. The minimum Gasteiger partial charge on any atom is -0.434 e. The van der Waals surface area contributed by atoms with Crippen molar-refractivity contribution in [1.29, 1.82) is 0 Å². The normalized spacial score (nSPS) is 10.6. The lowest BCUT2D eigenvalue weighted by atomic mass is 10.3. The molecule has 2 aromatic heterocycles. The van der Waals surface area contributed by atoms with Gasteiger partial charge in [0.05, 0.1) is 10.6 Å². The van der Waals surface area contributed by atoms with Crippen LogP contribution in [0.3, 0.4) is 0 Å². The smallest absolute Gasteiger partial charge is 0.375 e. The van der Waals surface area contributed by atoms with E-state index in [1.165, 1.54) is 11.0 Å². The van der Waals surface area contributed by atoms with Gasteiger partial charge in [-0.25, -0.2) is 9.67 Å². The molecule has 0 aliphatic rings. The lowest BCUT2D eigenvalue weighted by molar-refractivity contribution is -0.386. The van der Waals surface area contributed by atoms with Crippen LogP contribution in [0, 0.1) is 24.0 Å². The van der Waals surface area contributed by atoms with E-state index in [1.807, 2.05) is 0 Å². The predicted octanol–water partition coefficient (Wildman–Crippen LogP) is 3.74. The van der Waals surface area contributed by atoms with Crippen LogP contribution in [0.4, 0.5) is 5.69 Å². The monoisotopic (exact) mass is 389 g/mol. The summed E-state index contributed by atoms with van der Waals surface area (Å²) in [5.74, 6) is 0.354. The van der Waals surface area contributed by atoms with Gasteiger partial charge in [0.2, 0.25) is 5.82 Å². The van der Waals surface area contributed by atoms with Crippen LogP contribution in [0.5, 0.6) is 11.6 Å². The Morgan fingerprint density at radius 3 is 2.50 bits per heavy atom. The molecule has 122 valence electrons. The van der Waals surface area contributed by atoms with E-state index >= 15 is 0 Å². The van der Waals surface area contributed by atoms with Crippen LogP contribution in [0.25, 0.3) is 5.82 Å². The van der Waals surface area contributed by atoms with Crippen LogP contribution in [-0.4, -0.2) is 24.7 Å². The first-order valence-electron chi connectivity index (χ1n) is 6.92. The Morgan fingerprint density at radius 1 is 1.21 bits per heavy atom. The maximum Gasteiger partial charge on any atom is 0.375 e.